The Balaban J connectivity index is 1.11. The number of fused-ring (bicyclic) bond motifs is 6. The second kappa shape index (κ2) is 15.3. The Morgan fingerprint density at radius 1 is 0.411 bits per heavy atom. The Hall–Kier alpha value is -7.10. The maximum Gasteiger partial charge on any atom is 0.157 e. The maximum absolute atomic E-state index is 5.36. The van der Waals surface area contributed by atoms with Gasteiger partial charge in [0.05, 0.1) is 6.54 Å². The van der Waals surface area contributed by atoms with Gasteiger partial charge in [0.2, 0.25) is 0 Å². The third-order valence-electron chi connectivity index (χ3n) is 10.5. The van der Waals surface area contributed by atoms with Crippen LogP contribution in [-0.4, -0.2) is 30.7 Å². The van der Waals surface area contributed by atoms with Crippen LogP contribution in [0.3, 0.4) is 0 Å². The lowest BCUT2D eigenvalue weighted by Crippen LogP contribution is -2.25. The lowest BCUT2D eigenvalue weighted by atomic mass is 9.91. The van der Waals surface area contributed by atoms with E-state index in [1.807, 2.05) is 24.3 Å². The van der Waals surface area contributed by atoms with Crippen molar-refractivity contribution in [2.45, 2.75) is 6.54 Å². The molecule has 0 aliphatic carbocycles. The lowest BCUT2D eigenvalue weighted by Gasteiger charge is -2.20. The van der Waals surface area contributed by atoms with Gasteiger partial charge in [0.15, 0.2) is 5.84 Å². The molecule has 0 aliphatic heterocycles. The third-order valence-corrected chi connectivity index (χ3v) is 10.5. The SMILES string of the molecule is CN(C)C(=NC(=NCc1cccc(-c2ccccc2)c1)c1ccccc1)c1ccccc1-c1cccc(-c2ccc3c4ccccc4c4ccccc4c3c2)c1. The first kappa shape index (κ1) is 34.7. The molecule has 0 saturated heterocycles. The van der Waals surface area contributed by atoms with Crippen LogP contribution in [0.1, 0.15) is 16.7 Å². The topological polar surface area (TPSA) is 28.0 Å². The summed E-state index contributed by atoms with van der Waals surface area (Å²) >= 11 is 0. The molecule has 9 aromatic carbocycles. The molecule has 0 heterocycles. The van der Waals surface area contributed by atoms with Crippen LogP contribution in [0.2, 0.25) is 0 Å². The number of aliphatic imine (C=N–C) groups is 2. The van der Waals surface area contributed by atoms with Gasteiger partial charge in [0, 0.05) is 25.2 Å². The van der Waals surface area contributed by atoms with E-state index in [0.29, 0.717) is 12.4 Å². The first-order valence-electron chi connectivity index (χ1n) is 19.1. The summed E-state index contributed by atoms with van der Waals surface area (Å²) in [7, 11) is 4.11. The molecule has 0 bridgehead atoms. The van der Waals surface area contributed by atoms with Gasteiger partial charge in [-0.3, -0.25) is 4.99 Å². The standard InChI is InChI=1S/C53H41N3/c1-56(2)53(55-52(39-20-7-4-8-21-39)54-36-37-17-15-22-40(33-37)38-18-5-3-6-19-38)50-30-14-9-25-44(50)43-24-16-23-41(34-43)42-31-32-49-47-28-11-10-26-45(47)46-27-12-13-29-48(46)51(49)35-42/h3-35H,36H2,1-2H3. The average Bonchev–Trinajstić information content (AvgIpc) is 3.27. The van der Waals surface area contributed by atoms with Crippen LogP contribution >= 0.6 is 0 Å². The molecule has 0 radical (unpaired) electrons. The minimum absolute atomic E-state index is 0.510. The van der Waals surface area contributed by atoms with Crippen molar-refractivity contribution in [1.29, 1.82) is 0 Å². The minimum atomic E-state index is 0.510. The molecule has 0 atom stereocenters. The zero-order valence-corrected chi connectivity index (χ0v) is 31.6. The van der Waals surface area contributed by atoms with E-state index < -0.39 is 0 Å². The Labute approximate surface area is 328 Å². The molecule has 0 fully saturated rings. The molecule has 0 spiro atoms. The summed E-state index contributed by atoms with van der Waals surface area (Å²) in [5.74, 6) is 1.54. The van der Waals surface area contributed by atoms with Gasteiger partial charge in [-0.05, 0) is 89.5 Å². The van der Waals surface area contributed by atoms with Crippen LogP contribution < -0.4 is 0 Å². The van der Waals surface area contributed by atoms with Gasteiger partial charge < -0.3 is 4.90 Å². The first-order chi connectivity index (χ1) is 27.6. The fraction of sp³-hybridized carbons (Fsp3) is 0.0566. The molecule has 9 rings (SSSR count). The van der Waals surface area contributed by atoms with E-state index in [1.165, 1.54) is 54.6 Å². The van der Waals surface area contributed by atoms with Crippen molar-refractivity contribution >= 4 is 44.0 Å². The molecule has 0 aromatic heterocycles. The average molecular weight is 720 g/mol. The van der Waals surface area contributed by atoms with Crippen LogP contribution in [0.4, 0.5) is 0 Å². The lowest BCUT2D eigenvalue weighted by molar-refractivity contribution is 0.625. The zero-order chi connectivity index (χ0) is 37.8. The second-order valence-corrected chi connectivity index (χ2v) is 14.4. The van der Waals surface area contributed by atoms with Gasteiger partial charge in [-0.1, -0.05) is 182 Å². The maximum atomic E-state index is 5.36. The highest BCUT2D eigenvalue weighted by Crippen LogP contribution is 2.38. The van der Waals surface area contributed by atoms with Crippen molar-refractivity contribution in [2.75, 3.05) is 14.1 Å². The van der Waals surface area contributed by atoms with Crippen molar-refractivity contribution in [1.82, 2.24) is 4.90 Å². The molecule has 0 saturated carbocycles. The summed E-state index contributed by atoms with van der Waals surface area (Å²) in [4.78, 5) is 12.6. The van der Waals surface area contributed by atoms with E-state index in [0.717, 1.165) is 33.7 Å². The number of amidine groups is 2. The van der Waals surface area contributed by atoms with E-state index >= 15 is 0 Å². The van der Waals surface area contributed by atoms with Crippen molar-refractivity contribution in [3.63, 3.8) is 0 Å². The predicted molar refractivity (Wildman–Crippen MR) is 239 cm³/mol. The molecule has 9 aromatic rings. The molecule has 0 aliphatic rings. The Morgan fingerprint density at radius 3 is 1.62 bits per heavy atom. The predicted octanol–water partition coefficient (Wildman–Crippen LogP) is 13.1. The van der Waals surface area contributed by atoms with Crippen LogP contribution in [-0.2, 0) is 6.54 Å². The van der Waals surface area contributed by atoms with Crippen LogP contribution in [0.5, 0.6) is 0 Å². The molecule has 0 N–H and O–H groups in total. The second-order valence-electron chi connectivity index (χ2n) is 14.4. The highest BCUT2D eigenvalue weighted by molar-refractivity contribution is 6.25. The number of benzene rings is 9. The molecule has 3 nitrogen and oxygen atoms in total. The number of rotatable bonds is 7. The molecular formula is C53H41N3. The largest absolute Gasteiger partial charge is 0.362 e. The van der Waals surface area contributed by atoms with Gasteiger partial charge in [-0.2, -0.15) is 0 Å². The first-order valence-corrected chi connectivity index (χ1v) is 19.1. The Morgan fingerprint density at radius 2 is 0.929 bits per heavy atom. The van der Waals surface area contributed by atoms with E-state index in [4.69, 9.17) is 9.98 Å². The zero-order valence-electron chi connectivity index (χ0n) is 31.6. The van der Waals surface area contributed by atoms with Gasteiger partial charge in [0.25, 0.3) is 0 Å². The summed E-state index contributed by atoms with van der Waals surface area (Å²) in [5, 5.41) is 7.67. The summed E-state index contributed by atoms with van der Waals surface area (Å²) in [5.41, 5.74) is 10.1. The van der Waals surface area contributed by atoms with Gasteiger partial charge >= 0.3 is 0 Å². The van der Waals surface area contributed by atoms with Crippen LogP contribution in [0, 0.1) is 0 Å². The van der Waals surface area contributed by atoms with Gasteiger partial charge in [-0.15, -0.1) is 0 Å². The van der Waals surface area contributed by atoms with Crippen molar-refractivity contribution in [3.05, 3.63) is 217 Å². The Kier molecular flexibility index (Phi) is 9.49. The quantitative estimate of drug-likeness (QED) is 0.0915. The molecule has 56 heavy (non-hydrogen) atoms. The van der Waals surface area contributed by atoms with Crippen molar-refractivity contribution in [2.24, 2.45) is 9.98 Å². The third kappa shape index (κ3) is 6.87. The fourth-order valence-electron chi connectivity index (χ4n) is 7.81. The molecule has 0 unspecified atom stereocenters. The summed E-state index contributed by atoms with van der Waals surface area (Å²) in [6.07, 6.45) is 0. The number of hydrogen-bond acceptors (Lipinski definition) is 1. The monoisotopic (exact) mass is 719 g/mol. The normalized spacial score (nSPS) is 12.0. The van der Waals surface area contributed by atoms with Gasteiger partial charge in [0.1, 0.15) is 5.84 Å². The van der Waals surface area contributed by atoms with E-state index in [1.54, 1.807) is 0 Å². The molecule has 3 heteroatoms. The molecule has 0 amide bonds. The van der Waals surface area contributed by atoms with E-state index in [2.05, 4.69) is 195 Å². The highest BCUT2D eigenvalue weighted by Gasteiger charge is 2.16. The number of nitrogens with zero attached hydrogens (tertiary/aromatic N) is 3. The van der Waals surface area contributed by atoms with Gasteiger partial charge in [-0.25, -0.2) is 4.99 Å². The van der Waals surface area contributed by atoms with E-state index in [-0.39, 0.29) is 0 Å². The summed E-state index contributed by atoms with van der Waals surface area (Å²) in [6.45, 7) is 0.510. The van der Waals surface area contributed by atoms with Crippen molar-refractivity contribution < 1.29 is 0 Å². The van der Waals surface area contributed by atoms with E-state index in [9.17, 15) is 0 Å². The van der Waals surface area contributed by atoms with Crippen LogP contribution in [0.25, 0.3) is 65.7 Å². The minimum Gasteiger partial charge on any atom is -0.362 e. The smallest absolute Gasteiger partial charge is 0.157 e. The number of hydrogen-bond donors (Lipinski definition) is 0. The van der Waals surface area contributed by atoms with Crippen LogP contribution in [0.15, 0.2) is 210 Å². The molecule has 268 valence electrons. The Bertz CT molecular complexity index is 2870. The summed E-state index contributed by atoms with van der Waals surface area (Å²) < 4.78 is 0. The molecular weight excluding hydrogens is 679 g/mol. The highest BCUT2D eigenvalue weighted by atomic mass is 15.1. The summed E-state index contributed by atoms with van der Waals surface area (Å²) in [6, 6.07) is 71.3. The van der Waals surface area contributed by atoms with Crippen molar-refractivity contribution in [3.8, 4) is 33.4 Å². The fourth-order valence-corrected chi connectivity index (χ4v) is 7.81.